The first-order valence-corrected chi connectivity index (χ1v) is 16.8. The fourth-order valence-corrected chi connectivity index (χ4v) is 7.37. The summed E-state index contributed by atoms with van der Waals surface area (Å²) in [6.07, 6.45) is 3.11. The Bertz CT molecular complexity index is 2640. The molecular weight excluding hydrogens is 609 g/mol. The predicted molar refractivity (Wildman–Crippen MR) is 208 cm³/mol. The van der Waals surface area contributed by atoms with Gasteiger partial charge in [0.1, 0.15) is 12.7 Å². The van der Waals surface area contributed by atoms with E-state index < -0.39 is 0 Å². The van der Waals surface area contributed by atoms with Crippen molar-refractivity contribution >= 4 is 49.6 Å². The van der Waals surface area contributed by atoms with Gasteiger partial charge >= 0.3 is 0 Å². The highest BCUT2D eigenvalue weighted by Crippen LogP contribution is 2.49. The lowest BCUT2D eigenvalue weighted by atomic mass is 9.81. The van der Waals surface area contributed by atoms with Gasteiger partial charge in [-0.3, -0.25) is 4.90 Å². The van der Waals surface area contributed by atoms with Crippen LogP contribution in [0.2, 0.25) is 0 Å². The normalized spacial score (nSPS) is 11.3. The molecule has 0 atom stereocenters. The van der Waals surface area contributed by atoms with Gasteiger partial charge in [0, 0.05) is 11.4 Å². The third kappa shape index (κ3) is 5.06. The van der Waals surface area contributed by atoms with E-state index in [-0.39, 0.29) is 0 Å². The highest BCUT2D eigenvalue weighted by Gasteiger charge is 2.23. The number of fused-ring (bicyclic) bond motifs is 6. The Hall–Kier alpha value is -6.65. The van der Waals surface area contributed by atoms with Crippen LogP contribution in [0.4, 0.5) is 17.3 Å². The first kappa shape index (κ1) is 29.5. The number of hydrogen-bond acceptors (Lipinski definition) is 4. The van der Waals surface area contributed by atoms with Crippen LogP contribution in [0.5, 0.6) is 0 Å². The fourth-order valence-electron chi connectivity index (χ4n) is 7.37. The summed E-state index contributed by atoms with van der Waals surface area (Å²) in [5.41, 5.74) is 10.3. The summed E-state index contributed by atoms with van der Waals surface area (Å²) in [5.74, 6) is 0.567. The average Bonchev–Trinajstić information content (AvgIpc) is 3.19. The summed E-state index contributed by atoms with van der Waals surface area (Å²) in [5, 5.41) is 7.25. The maximum atomic E-state index is 4.60. The number of nitrogens with zero attached hydrogens (tertiary/aromatic N) is 4. The SMILES string of the molecule is Cc1cccc(N(c2ccc3c(c2)c2ccccc2c2c(-c4ccccc4)cc(-c4ccccc4)c(-c4ccccc4)c32)c2ncncn2)c1. The quantitative estimate of drug-likeness (QED) is 0.170. The van der Waals surface area contributed by atoms with E-state index in [1.165, 1.54) is 65.7 Å². The first-order valence-electron chi connectivity index (χ1n) is 16.8. The van der Waals surface area contributed by atoms with Crippen molar-refractivity contribution in [1.82, 2.24) is 15.0 Å². The van der Waals surface area contributed by atoms with Crippen molar-refractivity contribution < 1.29 is 0 Å². The molecule has 1 heterocycles. The van der Waals surface area contributed by atoms with E-state index in [2.05, 4.69) is 191 Å². The number of aromatic nitrogens is 3. The molecule has 0 radical (unpaired) electrons. The van der Waals surface area contributed by atoms with E-state index in [9.17, 15) is 0 Å². The Morgan fingerprint density at radius 1 is 0.420 bits per heavy atom. The number of benzene rings is 8. The van der Waals surface area contributed by atoms with Gasteiger partial charge in [-0.25, -0.2) is 15.0 Å². The van der Waals surface area contributed by atoms with E-state index in [1.54, 1.807) is 12.7 Å². The number of anilines is 3. The van der Waals surface area contributed by atoms with E-state index in [1.807, 2.05) is 0 Å². The van der Waals surface area contributed by atoms with Crippen LogP contribution in [0.25, 0.3) is 65.7 Å². The lowest BCUT2D eigenvalue weighted by Crippen LogP contribution is -2.13. The van der Waals surface area contributed by atoms with Crippen molar-refractivity contribution in [2.45, 2.75) is 6.92 Å². The fraction of sp³-hybridized carbons (Fsp3) is 0.0217. The first-order chi connectivity index (χ1) is 24.7. The summed E-state index contributed by atoms with van der Waals surface area (Å²) >= 11 is 0. The van der Waals surface area contributed by atoms with Gasteiger partial charge in [0.15, 0.2) is 0 Å². The molecule has 0 aliphatic heterocycles. The van der Waals surface area contributed by atoms with Crippen LogP contribution in [0.1, 0.15) is 5.56 Å². The molecule has 236 valence electrons. The molecule has 0 saturated heterocycles. The van der Waals surface area contributed by atoms with Crippen LogP contribution in [0.15, 0.2) is 176 Å². The standard InChI is InChI=1S/C46H32N4/c1-31-14-13-21-35(26-31)50(46-48-29-47-30-49-46)36-24-25-39-42(27-36)37-22-11-12-23-38(37)44-41(33-17-7-3-8-18-33)28-40(32-15-5-2-6-16-32)43(45(39)44)34-19-9-4-10-20-34/h2-30H,1H3. The smallest absolute Gasteiger partial charge is 0.237 e. The van der Waals surface area contributed by atoms with Crippen LogP contribution >= 0.6 is 0 Å². The van der Waals surface area contributed by atoms with E-state index >= 15 is 0 Å². The van der Waals surface area contributed by atoms with E-state index in [0.29, 0.717) is 5.95 Å². The Morgan fingerprint density at radius 2 is 1.00 bits per heavy atom. The van der Waals surface area contributed by atoms with E-state index in [4.69, 9.17) is 0 Å². The number of aryl methyl sites for hydroxylation is 1. The molecular formula is C46H32N4. The van der Waals surface area contributed by atoms with Crippen molar-refractivity contribution in [2.75, 3.05) is 4.90 Å². The molecule has 0 bridgehead atoms. The number of rotatable bonds is 6. The highest BCUT2D eigenvalue weighted by molar-refractivity contribution is 6.33. The summed E-state index contributed by atoms with van der Waals surface area (Å²) in [6.45, 7) is 2.11. The molecule has 0 aliphatic rings. The highest BCUT2D eigenvalue weighted by atomic mass is 15.3. The predicted octanol–water partition coefficient (Wildman–Crippen LogP) is 12.1. The molecule has 0 saturated carbocycles. The zero-order valence-electron chi connectivity index (χ0n) is 27.5. The zero-order valence-corrected chi connectivity index (χ0v) is 27.5. The Labute approximate surface area is 291 Å². The molecule has 4 heteroatoms. The molecule has 0 aliphatic carbocycles. The van der Waals surface area contributed by atoms with Crippen molar-refractivity contribution in [1.29, 1.82) is 0 Å². The molecule has 0 fully saturated rings. The molecule has 50 heavy (non-hydrogen) atoms. The van der Waals surface area contributed by atoms with Crippen molar-refractivity contribution in [3.8, 4) is 33.4 Å². The third-order valence-electron chi connectivity index (χ3n) is 9.52. The molecule has 0 amide bonds. The summed E-state index contributed by atoms with van der Waals surface area (Å²) in [6, 6.07) is 58.9. The molecule has 0 spiro atoms. The maximum absolute atomic E-state index is 4.60. The topological polar surface area (TPSA) is 41.9 Å². The van der Waals surface area contributed by atoms with Gasteiger partial charge in [0.2, 0.25) is 5.95 Å². The molecule has 0 unspecified atom stereocenters. The minimum absolute atomic E-state index is 0.567. The number of hydrogen-bond donors (Lipinski definition) is 0. The van der Waals surface area contributed by atoms with Crippen molar-refractivity contribution in [3.05, 3.63) is 182 Å². The van der Waals surface area contributed by atoms with Crippen molar-refractivity contribution in [2.24, 2.45) is 0 Å². The Morgan fingerprint density at radius 3 is 1.68 bits per heavy atom. The van der Waals surface area contributed by atoms with Gasteiger partial charge in [-0.2, -0.15) is 0 Å². The minimum Gasteiger partial charge on any atom is -0.279 e. The molecule has 9 aromatic rings. The van der Waals surface area contributed by atoms with Gasteiger partial charge in [0.25, 0.3) is 0 Å². The van der Waals surface area contributed by atoms with Crippen LogP contribution in [-0.4, -0.2) is 15.0 Å². The maximum Gasteiger partial charge on any atom is 0.237 e. The average molecular weight is 641 g/mol. The monoisotopic (exact) mass is 640 g/mol. The lowest BCUT2D eigenvalue weighted by molar-refractivity contribution is 1.01. The second-order valence-corrected chi connectivity index (χ2v) is 12.6. The lowest BCUT2D eigenvalue weighted by Gasteiger charge is -2.25. The van der Waals surface area contributed by atoms with E-state index in [0.717, 1.165) is 16.9 Å². The van der Waals surface area contributed by atoms with Gasteiger partial charge in [-0.1, -0.05) is 133 Å². The summed E-state index contributed by atoms with van der Waals surface area (Å²) < 4.78 is 0. The van der Waals surface area contributed by atoms with Gasteiger partial charge in [-0.15, -0.1) is 0 Å². The van der Waals surface area contributed by atoms with Gasteiger partial charge in [0.05, 0.1) is 0 Å². The minimum atomic E-state index is 0.567. The Kier molecular flexibility index (Phi) is 7.33. The molecule has 8 aromatic carbocycles. The van der Waals surface area contributed by atoms with Gasteiger partial charge < -0.3 is 0 Å². The molecule has 4 nitrogen and oxygen atoms in total. The molecule has 1 aromatic heterocycles. The molecule has 0 N–H and O–H groups in total. The third-order valence-corrected chi connectivity index (χ3v) is 9.52. The van der Waals surface area contributed by atoms with Crippen LogP contribution < -0.4 is 4.90 Å². The van der Waals surface area contributed by atoms with Crippen molar-refractivity contribution in [3.63, 3.8) is 0 Å². The molecule has 9 rings (SSSR count). The largest absolute Gasteiger partial charge is 0.279 e. The van der Waals surface area contributed by atoms with Gasteiger partial charge in [-0.05, 0) is 109 Å². The van der Waals surface area contributed by atoms with Crippen LogP contribution in [-0.2, 0) is 0 Å². The zero-order chi connectivity index (χ0) is 33.4. The summed E-state index contributed by atoms with van der Waals surface area (Å²) in [7, 11) is 0. The second kappa shape index (κ2) is 12.4. The van der Waals surface area contributed by atoms with Crippen LogP contribution in [0.3, 0.4) is 0 Å². The second-order valence-electron chi connectivity index (χ2n) is 12.6. The Balaban J connectivity index is 1.46. The van der Waals surface area contributed by atoms with Crippen LogP contribution in [0, 0.1) is 6.92 Å². The summed E-state index contributed by atoms with van der Waals surface area (Å²) in [4.78, 5) is 15.4.